The van der Waals surface area contributed by atoms with E-state index >= 15 is 0 Å². The SMILES string of the molecule is CCc1nnc(C)cc1C(=O)c1c(Br)cnn1C. The highest BCUT2D eigenvalue weighted by Gasteiger charge is 2.20. The van der Waals surface area contributed by atoms with Gasteiger partial charge in [0.15, 0.2) is 0 Å². The summed E-state index contributed by atoms with van der Waals surface area (Å²) in [6.07, 6.45) is 2.28. The third-order valence-corrected chi connectivity index (χ3v) is 3.26. The molecule has 0 spiro atoms. The first-order valence-corrected chi connectivity index (χ1v) is 6.39. The van der Waals surface area contributed by atoms with Gasteiger partial charge in [-0.15, -0.1) is 0 Å². The van der Waals surface area contributed by atoms with Crippen molar-refractivity contribution in [2.75, 3.05) is 0 Å². The Morgan fingerprint density at radius 2 is 2.17 bits per heavy atom. The molecule has 18 heavy (non-hydrogen) atoms. The largest absolute Gasteiger partial charge is 0.287 e. The van der Waals surface area contributed by atoms with E-state index in [1.165, 1.54) is 0 Å². The number of carbonyl (C=O) groups is 1. The fraction of sp³-hybridized carbons (Fsp3) is 0.333. The number of nitrogens with zero attached hydrogens (tertiary/aromatic N) is 4. The summed E-state index contributed by atoms with van der Waals surface area (Å²) >= 11 is 3.34. The van der Waals surface area contributed by atoms with Gasteiger partial charge in [-0.05, 0) is 35.3 Å². The van der Waals surface area contributed by atoms with E-state index in [4.69, 9.17) is 0 Å². The minimum absolute atomic E-state index is 0.0864. The smallest absolute Gasteiger partial charge is 0.214 e. The maximum absolute atomic E-state index is 12.5. The maximum Gasteiger partial charge on any atom is 0.214 e. The molecule has 0 unspecified atom stereocenters. The molecule has 0 N–H and O–H groups in total. The predicted octanol–water partition coefficient (Wildman–Crippen LogP) is 2.07. The summed E-state index contributed by atoms with van der Waals surface area (Å²) in [6, 6.07) is 1.77. The monoisotopic (exact) mass is 308 g/mol. The summed E-state index contributed by atoms with van der Waals surface area (Å²) in [7, 11) is 1.74. The van der Waals surface area contributed by atoms with E-state index in [9.17, 15) is 4.79 Å². The summed E-state index contributed by atoms with van der Waals surface area (Å²) in [6.45, 7) is 3.77. The lowest BCUT2D eigenvalue weighted by Gasteiger charge is -2.07. The number of aryl methyl sites for hydroxylation is 3. The number of halogens is 1. The number of carbonyl (C=O) groups excluding carboxylic acids is 1. The van der Waals surface area contributed by atoms with Crippen molar-refractivity contribution in [2.24, 2.45) is 7.05 Å². The Balaban J connectivity index is 2.55. The third-order valence-electron chi connectivity index (χ3n) is 2.68. The Hall–Kier alpha value is -1.56. The van der Waals surface area contributed by atoms with Crippen LogP contribution < -0.4 is 0 Å². The number of hydrogen-bond donors (Lipinski definition) is 0. The van der Waals surface area contributed by atoms with Crippen LogP contribution in [0.5, 0.6) is 0 Å². The van der Waals surface area contributed by atoms with Crippen LogP contribution in [0, 0.1) is 6.92 Å². The number of hydrogen-bond acceptors (Lipinski definition) is 4. The second-order valence-electron chi connectivity index (χ2n) is 3.99. The van der Waals surface area contributed by atoms with Crippen LogP contribution in [0.2, 0.25) is 0 Å². The van der Waals surface area contributed by atoms with Gasteiger partial charge in [-0.2, -0.15) is 15.3 Å². The van der Waals surface area contributed by atoms with Gasteiger partial charge >= 0.3 is 0 Å². The molecule has 0 amide bonds. The summed E-state index contributed by atoms with van der Waals surface area (Å²) < 4.78 is 2.24. The first kappa shape index (κ1) is 12.9. The van der Waals surface area contributed by atoms with E-state index in [2.05, 4.69) is 31.2 Å². The van der Waals surface area contributed by atoms with Gasteiger partial charge in [0.25, 0.3) is 0 Å². The minimum Gasteiger partial charge on any atom is -0.287 e. The standard InChI is InChI=1S/C12H13BrN4O/c1-4-10-8(5-7(2)15-16-10)12(18)11-9(13)6-14-17(11)3/h5-6H,4H2,1-3H3. The average Bonchev–Trinajstić information content (AvgIpc) is 2.68. The molecule has 0 atom stereocenters. The highest BCUT2D eigenvalue weighted by atomic mass is 79.9. The van der Waals surface area contributed by atoms with Gasteiger partial charge in [0.05, 0.1) is 22.1 Å². The highest BCUT2D eigenvalue weighted by molar-refractivity contribution is 9.10. The van der Waals surface area contributed by atoms with Gasteiger partial charge in [0.2, 0.25) is 5.78 Å². The first-order valence-electron chi connectivity index (χ1n) is 5.60. The molecule has 0 aromatic carbocycles. The van der Waals surface area contributed by atoms with Crippen molar-refractivity contribution in [2.45, 2.75) is 20.3 Å². The topological polar surface area (TPSA) is 60.7 Å². The fourth-order valence-corrected chi connectivity index (χ4v) is 2.29. The summed E-state index contributed by atoms with van der Waals surface area (Å²) in [5.41, 5.74) is 2.55. The van der Waals surface area contributed by atoms with E-state index in [1.54, 1.807) is 24.0 Å². The molecule has 94 valence electrons. The van der Waals surface area contributed by atoms with E-state index in [1.807, 2.05) is 13.8 Å². The normalized spacial score (nSPS) is 10.7. The summed E-state index contributed by atoms with van der Waals surface area (Å²) in [5, 5.41) is 12.1. The molecule has 0 aliphatic heterocycles. The van der Waals surface area contributed by atoms with Crippen molar-refractivity contribution in [3.8, 4) is 0 Å². The van der Waals surface area contributed by atoms with Gasteiger partial charge in [0.1, 0.15) is 5.69 Å². The Kier molecular flexibility index (Phi) is 3.56. The van der Waals surface area contributed by atoms with E-state index < -0.39 is 0 Å². The minimum atomic E-state index is -0.0864. The molecule has 2 rings (SSSR count). The van der Waals surface area contributed by atoms with Crippen LogP contribution in [-0.2, 0) is 13.5 Å². The molecule has 2 heterocycles. The number of aromatic nitrogens is 4. The summed E-state index contributed by atoms with van der Waals surface area (Å²) in [4.78, 5) is 12.5. The second kappa shape index (κ2) is 4.97. The van der Waals surface area contributed by atoms with Crippen LogP contribution in [-0.4, -0.2) is 25.8 Å². The van der Waals surface area contributed by atoms with Crippen molar-refractivity contribution in [3.05, 3.63) is 39.4 Å². The zero-order valence-corrected chi connectivity index (χ0v) is 12.0. The van der Waals surface area contributed by atoms with Crippen LogP contribution in [0.25, 0.3) is 0 Å². The molecule has 5 nitrogen and oxygen atoms in total. The molecule has 0 saturated heterocycles. The second-order valence-corrected chi connectivity index (χ2v) is 4.85. The molecule has 0 aliphatic rings. The molecule has 0 fully saturated rings. The van der Waals surface area contributed by atoms with Crippen molar-refractivity contribution in [1.82, 2.24) is 20.0 Å². The lowest BCUT2D eigenvalue weighted by Crippen LogP contribution is -2.13. The molecule has 0 saturated carbocycles. The van der Waals surface area contributed by atoms with E-state index in [0.29, 0.717) is 27.8 Å². The van der Waals surface area contributed by atoms with Crippen LogP contribution >= 0.6 is 15.9 Å². The van der Waals surface area contributed by atoms with Gasteiger partial charge in [0, 0.05) is 12.6 Å². The maximum atomic E-state index is 12.5. The molecule has 0 bridgehead atoms. The quantitative estimate of drug-likeness (QED) is 0.814. The van der Waals surface area contributed by atoms with Crippen molar-refractivity contribution in [1.29, 1.82) is 0 Å². The van der Waals surface area contributed by atoms with Crippen molar-refractivity contribution >= 4 is 21.7 Å². The average molecular weight is 309 g/mol. The summed E-state index contributed by atoms with van der Waals surface area (Å²) in [5.74, 6) is -0.0864. The van der Waals surface area contributed by atoms with Crippen LogP contribution in [0.4, 0.5) is 0 Å². The molecule has 2 aromatic rings. The van der Waals surface area contributed by atoms with Crippen LogP contribution in [0.1, 0.15) is 34.4 Å². The Bertz CT molecular complexity index is 587. The van der Waals surface area contributed by atoms with Crippen LogP contribution in [0.15, 0.2) is 16.7 Å². The Labute approximate surface area is 113 Å². The van der Waals surface area contributed by atoms with Gasteiger partial charge in [-0.3, -0.25) is 9.48 Å². The van der Waals surface area contributed by atoms with Crippen molar-refractivity contribution in [3.63, 3.8) is 0 Å². The lowest BCUT2D eigenvalue weighted by atomic mass is 10.0. The predicted molar refractivity (Wildman–Crippen MR) is 70.5 cm³/mol. The zero-order chi connectivity index (χ0) is 13.3. The third kappa shape index (κ3) is 2.20. The molecular formula is C12H13BrN4O. The van der Waals surface area contributed by atoms with Gasteiger partial charge in [-0.1, -0.05) is 6.92 Å². The fourth-order valence-electron chi connectivity index (χ4n) is 1.77. The van der Waals surface area contributed by atoms with Crippen LogP contribution in [0.3, 0.4) is 0 Å². The molecular weight excluding hydrogens is 296 g/mol. The Morgan fingerprint density at radius 1 is 1.44 bits per heavy atom. The number of rotatable bonds is 3. The van der Waals surface area contributed by atoms with Gasteiger partial charge in [-0.25, -0.2) is 0 Å². The highest BCUT2D eigenvalue weighted by Crippen LogP contribution is 2.20. The zero-order valence-electron chi connectivity index (χ0n) is 10.4. The molecule has 2 aromatic heterocycles. The van der Waals surface area contributed by atoms with E-state index in [-0.39, 0.29) is 5.78 Å². The molecule has 6 heteroatoms. The lowest BCUT2D eigenvalue weighted by molar-refractivity contribution is 0.102. The van der Waals surface area contributed by atoms with E-state index in [0.717, 1.165) is 5.69 Å². The number of ketones is 1. The Morgan fingerprint density at radius 3 is 2.72 bits per heavy atom. The molecule has 0 radical (unpaired) electrons. The first-order chi connectivity index (χ1) is 8.54. The van der Waals surface area contributed by atoms with Gasteiger partial charge < -0.3 is 0 Å². The van der Waals surface area contributed by atoms with Crippen molar-refractivity contribution < 1.29 is 4.79 Å². The molecule has 0 aliphatic carbocycles.